The zero-order chi connectivity index (χ0) is 15.9. The van der Waals surface area contributed by atoms with Crippen LogP contribution in [0.3, 0.4) is 0 Å². The highest BCUT2D eigenvalue weighted by molar-refractivity contribution is 6.30. The first-order chi connectivity index (χ1) is 10.5. The average Bonchev–Trinajstić information content (AvgIpc) is 2.46. The molecule has 0 atom stereocenters. The van der Waals surface area contributed by atoms with Gasteiger partial charge in [0.2, 0.25) is 0 Å². The fourth-order valence-corrected chi connectivity index (χ4v) is 2.75. The van der Waals surface area contributed by atoms with Gasteiger partial charge in [0.05, 0.1) is 11.2 Å². The van der Waals surface area contributed by atoms with Crippen LogP contribution >= 0.6 is 11.6 Å². The molecule has 3 nitrogen and oxygen atoms in total. The van der Waals surface area contributed by atoms with Crippen molar-refractivity contribution in [3.63, 3.8) is 0 Å². The minimum atomic E-state index is 0.715. The number of aromatic nitrogens is 1. The lowest BCUT2D eigenvalue weighted by Gasteiger charge is -2.15. The average molecular weight is 312 g/mol. The normalized spacial score (nSPS) is 10.9. The summed E-state index contributed by atoms with van der Waals surface area (Å²) in [6.07, 6.45) is 0. The Bertz CT molecular complexity index is 855. The lowest BCUT2D eigenvalue weighted by molar-refractivity contribution is 1.23. The molecule has 0 saturated heterocycles. The number of nitrogen functional groups attached to an aromatic ring is 1. The van der Waals surface area contributed by atoms with Gasteiger partial charge in [-0.1, -0.05) is 11.6 Å². The highest BCUT2D eigenvalue weighted by Gasteiger charge is 2.12. The number of hydrogen-bond acceptors (Lipinski definition) is 3. The van der Waals surface area contributed by atoms with Crippen LogP contribution in [0.15, 0.2) is 36.4 Å². The summed E-state index contributed by atoms with van der Waals surface area (Å²) in [5.41, 5.74) is 13.1. The molecule has 3 aromatic rings. The van der Waals surface area contributed by atoms with Gasteiger partial charge in [-0.3, -0.25) is 4.98 Å². The van der Waals surface area contributed by atoms with Crippen LogP contribution in [0.4, 0.5) is 17.1 Å². The van der Waals surface area contributed by atoms with Gasteiger partial charge in [0.25, 0.3) is 0 Å². The van der Waals surface area contributed by atoms with Gasteiger partial charge in [-0.25, -0.2) is 0 Å². The van der Waals surface area contributed by atoms with Crippen molar-refractivity contribution in [2.45, 2.75) is 20.8 Å². The molecule has 0 amide bonds. The van der Waals surface area contributed by atoms with Crippen molar-refractivity contribution in [1.29, 1.82) is 0 Å². The Labute approximate surface area is 135 Å². The zero-order valence-electron chi connectivity index (χ0n) is 12.9. The summed E-state index contributed by atoms with van der Waals surface area (Å²) in [6, 6.07) is 11.6. The van der Waals surface area contributed by atoms with Crippen LogP contribution in [0.25, 0.3) is 10.9 Å². The highest BCUT2D eigenvalue weighted by Crippen LogP contribution is 2.34. The molecule has 1 aromatic heterocycles. The molecule has 0 radical (unpaired) electrons. The number of benzene rings is 2. The van der Waals surface area contributed by atoms with Crippen LogP contribution in [0.5, 0.6) is 0 Å². The van der Waals surface area contributed by atoms with Crippen molar-refractivity contribution in [1.82, 2.24) is 4.98 Å². The van der Waals surface area contributed by atoms with Gasteiger partial charge in [0, 0.05) is 27.5 Å². The number of nitrogens with zero attached hydrogens (tertiary/aromatic N) is 1. The van der Waals surface area contributed by atoms with Crippen molar-refractivity contribution in [3.05, 3.63) is 58.2 Å². The van der Waals surface area contributed by atoms with E-state index in [2.05, 4.69) is 24.1 Å². The molecular weight excluding hydrogens is 294 g/mol. The van der Waals surface area contributed by atoms with Gasteiger partial charge in [0.15, 0.2) is 0 Å². The third-order valence-electron chi connectivity index (χ3n) is 3.88. The standard InChI is InChI=1S/C18H18ClN3/c1-10-8-15(20)17-16(9-11(2)21-18(17)12(10)3)22-14-6-4-13(19)5-7-14/h4-9H,20H2,1-3H3,(H,21,22). The third kappa shape index (κ3) is 2.60. The predicted octanol–water partition coefficient (Wildman–Crippen LogP) is 5.14. The van der Waals surface area contributed by atoms with Crippen molar-refractivity contribution in [3.8, 4) is 0 Å². The summed E-state index contributed by atoms with van der Waals surface area (Å²) in [6.45, 7) is 6.13. The second-order valence-corrected chi connectivity index (χ2v) is 6.01. The third-order valence-corrected chi connectivity index (χ3v) is 4.13. The first-order valence-corrected chi connectivity index (χ1v) is 7.53. The van der Waals surface area contributed by atoms with Crippen LogP contribution in [0.1, 0.15) is 16.8 Å². The van der Waals surface area contributed by atoms with Gasteiger partial charge in [-0.15, -0.1) is 0 Å². The minimum Gasteiger partial charge on any atom is -0.398 e. The number of nitrogens with one attached hydrogen (secondary N) is 1. The van der Waals surface area contributed by atoms with Gasteiger partial charge in [-0.05, 0) is 68.3 Å². The SMILES string of the molecule is Cc1cc(Nc2ccc(Cl)cc2)c2c(N)cc(C)c(C)c2n1. The van der Waals surface area contributed by atoms with Crippen LogP contribution in [0, 0.1) is 20.8 Å². The quantitative estimate of drug-likeness (QED) is 0.644. The largest absolute Gasteiger partial charge is 0.398 e. The Kier molecular flexibility index (Phi) is 3.67. The molecule has 2 aromatic carbocycles. The summed E-state index contributed by atoms with van der Waals surface area (Å²) in [4.78, 5) is 4.67. The van der Waals surface area contributed by atoms with Crippen molar-refractivity contribution in [2.24, 2.45) is 0 Å². The van der Waals surface area contributed by atoms with E-state index in [0.29, 0.717) is 5.02 Å². The smallest absolute Gasteiger partial charge is 0.0778 e. The summed E-state index contributed by atoms with van der Waals surface area (Å²) < 4.78 is 0. The van der Waals surface area contributed by atoms with E-state index in [-0.39, 0.29) is 0 Å². The second kappa shape index (κ2) is 5.50. The minimum absolute atomic E-state index is 0.715. The Morgan fingerprint density at radius 2 is 1.73 bits per heavy atom. The predicted molar refractivity (Wildman–Crippen MR) is 95.1 cm³/mol. The lowest BCUT2D eigenvalue weighted by Crippen LogP contribution is -2.00. The molecule has 0 aliphatic carbocycles. The molecule has 4 heteroatoms. The van der Waals surface area contributed by atoms with E-state index in [1.54, 1.807) is 0 Å². The molecule has 112 valence electrons. The van der Waals surface area contributed by atoms with Crippen LogP contribution in [0.2, 0.25) is 5.02 Å². The van der Waals surface area contributed by atoms with E-state index >= 15 is 0 Å². The molecular formula is C18H18ClN3. The Hall–Kier alpha value is -2.26. The van der Waals surface area contributed by atoms with Crippen LogP contribution < -0.4 is 11.1 Å². The topological polar surface area (TPSA) is 50.9 Å². The van der Waals surface area contributed by atoms with E-state index in [4.69, 9.17) is 17.3 Å². The Morgan fingerprint density at radius 3 is 2.41 bits per heavy atom. The van der Waals surface area contributed by atoms with E-state index in [1.165, 1.54) is 0 Å². The van der Waals surface area contributed by atoms with Crippen molar-refractivity contribution < 1.29 is 0 Å². The maximum Gasteiger partial charge on any atom is 0.0778 e. The summed E-state index contributed by atoms with van der Waals surface area (Å²) in [5.74, 6) is 0. The molecule has 1 heterocycles. The zero-order valence-corrected chi connectivity index (χ0v) is 13.6. The fourth-order valence-electron chi connectivity index (χ4n) is 2.62. The number of anilines is 3. The number of hydrogen-bond donors (Lipinski definition) is 2. The van der Waals surface area contributed by atoms with Crippen molar-refractivity contribution >= 4 is 39.6 Å². The highest BCUT2D eigenvalue weighted by atomic mass is 35.5. The number of fused-ring (bicyclic) bond motifs is 1. The van der Waals surface area contributed by atoms with Crippen LogP contribution in [-0.4, -0.2) is 4.98 Å². The van der Waals surface area contributed by atoms with E-state index in [0.717, 1.165) is 44.8 Å². The number of pyridine rings is 1. The van der Waals surface area contributed by atoms with Gasteiger partial charge < -0.3 is 11.1 Å². The van der Waals surface area contributed by atoms with Gasteiger partial charge in [-0.2, -0.15) is 0 Å². The maximum absolute atomic E-state index is 6.25. The first-order valence-electron chi connectivity index (χ1n) is 7.15. The van der Waals surface area contributed by atoms with E-state index < -0.39 is 0 Å². The molecule has 0 aliphatic heterocycles. The molecule has 0 bridgehead atoms. The monoisotopic (exact) mass is 311 g/mol. The van der Waals surface area contributed by atoms with E-state index in [9.17, 15) is 0 Å². The van der Waals surface area contributed by atoms with Gasteiger partial charge in [0.1, 0.15) is 0 Å². The molecule has 22 heavy (non-hydrogen) atoms. The molecule has 0 unspecified atom stereocenters. The molecule has 0 aliphatic rings. The molecule has 3 N–H and O–H groups in total. The molecule has 3 rings (SSSR count). The Morgan fingerprint density at radius 1 is 1.05 bits per heavy atom. The maximum atomic E-state index is 6.25. The number of nitrogens with two attached hydrogens (primary N) is 1. The molecule has 0 fully saturated rings. The Balaban J connectivity index is 2.20. The summed E-state index contributed by atoms with van der Waals surface area (Å²) in [7, 11) is 0. The van der Waals surface area contributed by atoms with E-state index in [1.807, 2.05) is 43.3 Å². The van der Waals surface area contributed by atoms with Gasteiger partial charge >= 0.3 is 0 Å². The molecule has 0 saturated carbocycles. The number of rotatable bonds is 2. The van der Waals surface area contributed by atoms with Crippen LogP contribution in [-0.2, 0) is 0 Å². The number of aryl methyl sites for hydroxylation is 3. The second-order valence-electron chi connectivity index (χ2n) is 5.57. The number of halogens is 1. The first kappa shape index (κ1) is 14.7. The lowest BCUT2D eigenvalue weighted by atomic mass is 10.0. The van der Waals surface area contributed by atoms with Crippen molar-refractivity contribution in [2.75, 3.05) is 11.1 Å². The fraction of sp³-hybridized carbons (Fsp3) is 0.167. The summed E-state index contributed by atoms with van der Waals surface area (Å²) >= 11 is 5.94. The summed E-state index contributed by atoms with van der Waals surface area (Å²) in [5, 5.41) is 5.10. The molecule has 0 spiro atoms.